The van der Waals surface area contributed by atoms with Gasteiger partial charge in [0.1, 0.15) is 12.0 Å². The number of ether oxygens (including phenoxy) is 2. The Balaban J connectivity index is 1.69. The van der Waals surface area contributed by atoms with Crippen LogP contribution in [0.2, 0.25) is 0 Å². The van der Waals surface area contributed by atoms with E-state index < -0.39 is 34.9 Å². The van der Waals surface area contributed by atoms with Crippen molar-refractivity contribution in [2.75, 3.05) is 6.61 Å². The molecule has 0 spiro atoms. The van der Waals surface area contributed by atoms with Gasteiger partial charge in [-0.25, -0.2) is 14.0 Å². The topological polar surface area (TPSA) is 72.8 Å². The molecule has 3 rings (SSSR count). The molecule has 1 aliphatic heterocycles. The van der Waals surface area contributed by atoms with Gasteiger partial charge in [0.2, 0.25) is 0 Å². The number of carbonyl (C=O) groups is 2. The van der Waals surface area contributed by atoms with Crippen LogP contribution in [0.4, 0.5) is 4.39 Å². The first-order valence-corrected chi connectivity index (χ1v) is 10.6. The van der Waals surface area contributed by atoms with Gasteiger partial charge in [0.25, 0.3) is 0 Å². The molecule has 0 saturated carbocycles. The zero-order valence-electron chi connectivity index (χ0n) is 17.3. The Hall–Kier alpha value is -2.38. The molecule has 30 heavy (non-hydrogen) atoms. The number of aliphatic hydroxyl groups is 1. The molecule has 0 aromatic heterocycles. The summed E-state index contributed by atoms with van der Waals surface area (Å²) >= 11 is 0.895. The lowest BCUT2D eigenvalue weighted by Gasteiger charge is -2.20. The third-order valence-corrected chi connectivity index (χ3v) is 6.10. The molecular weight excluding hydrogens is 407 g/mol. The lowest BCUT2D eigenvalue weighted by molar-refractivity contribution is -0.0112. The molecule has 1 aliphatic rings. The Kier molecular flexibility index (Phi) is 6.83. The normalized spacial score (nSPS) is 23.3. The fourth-order valence-corrected chi connectivity index (χ4v) is 4.76. The molecule has 5 nitrogen and oxygen atoms in total. The summed E-state index contributed by atoms with van der Waals surface area (Å²) in [6.07, 6.45) is -2.99. The fraction of sp³-hybridized carbons (Fsp3) is 0.391. The molecule has 0 aliphatic carbocycles. The molecule has 1 saturated heterocycles. The minimum absolute atomic E-state index is 0.182. The van der Waals surface area contributed by atoms with Crippen molar-refractivity contribution in [2.45, 2.75) is 50.7 Å². The highest BCUT2D eigenvalue weighted by Gasteiger charge is 2.47. The molecule has 160 valence electrons. The minimum Gasteiger partial charge on any atom is -0.461 e. The Morgan fingerprint density at radius 3 is 1.87 bits per heavy atom. The predicted molar refractivity (Wildman–Crippen MR) is 114 cm³/mol. The average molecular weight is 433 g/mol. The van der Waals surface area contributed by atoms with E-state index in [1.54, 1.807) is 24.3 Å². The Morgan fingerprint density at radius 1 is 0.900 bits per heavy atom. The van der Waals surface area contributed by atoms with Crippen LogP contribution in [0.1, 0.15) is 43.0 Å². The van der Waals surface area contributed by atoms with Crippen molar-refractivity contribution in [1.29, 1.82) is 0 Å². The Morgan fingerprint density at radius 2 is 1.37 bits per heavy atom. The van der Waals surface area contributed by atoms with Gasteiger partial charge in [0.15, 0.2) is 12.3 Å². The van der Waals surface area contributed by atoms with Crippen molar-refractivity contribution in [3.63, 3.8) is 0 Å². The van der Waals surface area contributed by atoms with Gasteiger partial charge in [0, 0.05) is 0 Å². The van der Waals surface area contributed by atoms with Gasteiger partial charge in [-0.1, -0.05) is 34.4 Å². The summed E-state index contributed by atoms with van der Waals surface area (Å²) in [5, 5.41) is 9.21. The highest BCUT2D eigenvalue weighted by Crippen LogP contribution is 2.37. The lowest BCUT2D eigenvalue weighted by atomic mass is 10.1. The summed E-state index contributed by atoms with van der Waals surface area (Å²) < 4.78 is 25.3. The standard InChI is InChI=1S/C23H25FO5S/c1-12-5-13(2)8-16(7-12)21(25)28-11-18-20(19(24)23(27)30-18)29-22(26)17-9-14(3)6-15(4)10-17/h5-10,18-20,23,27H,11H2,1-4H3/t18-,19+,20+,23?/m1/s1. The number of aryl methyl sites for hydroxylation is 4. The van der Waals surface area contributed by atoms with E-state index in [2.05, 4.69) is 0 Å². The summed E-state index contributed by atoms with van der Waals surface area (Å²) in [5.74, 6) is -1.21. The third kappa shape index (κ3) is 5.21. The van der Waals surface area contributed by atoms with E-state index in [1.165, 1.54) is 0 Å². The first kappa shape index (κ1) is 22.3. The van der Waals surface area contributed by atoms with Crippen LogP contribution in [-0.4, -0.2) is 46.6 Å². The highest BCUT2D eigenvalue weighted by molar-refractivity contribution is 8.00. The summed E-state index contributed by atoms with van der Waals surface area (Å²) in [7, 11) is 0. The quantitative estimate of drug-likeness (QED) is 0.718. The van der Waals surface area contributed by atoms with Crippen molar-refractivity contribution in [3.8, 4) is 0 Å². The number of hydrogen-bond donors (Lipinski definition) is 1. The van der Waals surface area contributed by atoms with E-state index in [0.29, 0.717) is 11.1 Å². The molecule has 0 radical (unpaired) electrons. The summed E-state index contributed by atoms with van der Waals surface area (Å²) in [4.78, 5) is 24.9. The van der Waals surface area contributed by atoms with Gasteiger partial charge in [0.05, 0.1) is 16.4 Å². The number of esters is 2. The number of benzene rings is 2. The SMILES string of the molecule is Cc1cc(C)cc(C(=O)OC[C@H]2SC(O)[C@@H](F)[C@H]2OC(=O)c2cc(C)cc(C)c2)c1. The number of carbonyl (C=O) groups excluding carboxylic acids is 2. The minimum atomic E-state index is -1.77. The summed E-state index contributed by atoms with van der Waals surface area (Å²) in [6, 6.07) is 10.6. The van der Waals surface area contributed by atoms with Crippen molar-refractivity contribution >= 4 is 23.7 Å². The van der Waals surface area contributed by atoms with E-state index in [1.807, 2.05) is 39.8 Å². The second kappa shape index (κ2) is 9.18. The van der Waals surface area contributed by atoms with Gasteiger partial charge < -0.3 is 14.6 Å². The number of hydrogen-bond acceptors (Lipinski definition) is 6. The summed E-state index contributed by atoms with van der Waals surface area (Å²) in [5.41, 5.74) is 2.99. The molecule has 1 fully saturated rings. The molecule has 4 atom stereocenters. The molecule has 0 amide bonds. The second-order valence-corrected chi connectivity index (χ2v) is 9.09. The van der Waals surface area contributed by atoms with Crippen LogP contribution in [-0.2, 0) is 9.47 Å². The van der Waals surface area contributed by atoms with E-state index in [4.69, 9.17) is 9.47 Å². The molecule has 2 aromatic rings. The third-order valence-electron chi connectivity index (χ3n) is 4.80. The van der Waals surface area contributed by atoms with Crippen molar-refractivity contribution in [2.24, 2.45) is 0 Å². The van der Waals surface area contributed by atoms with Crippen LogP contribution in [0, 0.1) is 27.7 Å². The molecule has 1 unspecified atom stereocenters. The molecule has 2 aromatic carbocycles. The van der Waals surface area contributed by atoms with E-state index in [-0.39, 0.29) is 6.61 Å². The van der Waals surface area contributed by atoms with Gasteiger partial charge in [-0.05, 0) is 52.0 Å². The highest BCUT2D eigenvalue weighted by atomic mass is 32.2. The second-order valence-electron chi connectivity index (χ2n) is 7.73. The Bertz CT molecular complexity index is 920. The maximum Gasteiger partial charge on any atom is 0.338 e. The van der Waals surface area contributed by atoms with Crippen LogP contribution in [0.3, 0.4) is 0 Å². The molecule has 1 heterocycles. The molecular formula is C23H25FO5S. The molecule has 0 bridgehead atoms. The largest absolute Gasteiger partial charge is 0.461 e. The Labute approximate surface area is 179 Å². The van der Waals surface area contributed by atoms with Crippen LogP contribution >= 0.6 is 11.8 Å². The number of aliphatic hydroxyl groups excluding tert-OH is 1. The smallest absolute Gasteiger partial charge is 0.338 e. The van der Waals surface area contributed by atoms with E-state index in [9.17, 15) is 19.1 Å². The first-order chi connectivity index (χ1) is 14.1. The number of halogens is 1. The summed E-state index contributed by atoms with van der Waals surface area (Å²) in [6.45, 7) is 7.28. The van der Waals surface area contributed by atoms with Crippen molar-refractivity contribution in [1.82, 2.24) is 0 Å². The van der Waals surface area contributed by atoms with E-state index >= 15 is 0 Å². The van der Waals surface area contributed by atoms with Crippen LogP contribution in [0.15, 0.2) is 36.4 Å². The number of alkyl halides is 1. The monoisotopic (exact) mass is 432 g/mol. The van der Waals surface area contributed by atoms with E-state index in [0.717, 1.165) is 34.0 Å². The van der Waals surface area contributed by atoms with Crippen LogP contribution in [0.25, 0.3) is 0 Å². The van der Waals surface area contributed by atoms with Gasteiger partial charge in [-0.15, -0.1) is 11.8 Å². The van der Waals surface area contributed by atoms with Gasteiger partial charge >= 0.3 is 11.9 Å². The zero-order valence-corrected chi connectivity index (χ0v) is 18.2. The first-order valence-electron chi connectivity index (χ1n) is 9.66. The van der Waals surface area contributed by atoms with Crippen LogP contribution in [0.5, 0.6) is 0 Å². The fourth-order valence-electron chi connectivity index (χ4n) is 3.59. The lowest BCUT2D eigenvalue weighted by Crippen LogP contribution is -2.36. The maximum atomic E-state index is 14.5. The van der Waals surface area contributed by atoms with Gasteiger partial charge in [-0.2, -0.15) is 0 Å². The zero-order chi connectivity index (χ0) is 22.0. The molecule has 1 N–H and O–H groups in total. The average Bonchev–Trinajstić information content (AvgIpc) is 2.92. The number of thioether (sulfide) groups is 1. The molecule has 7 heteroatoms. The van der Waals surface area contributed by atoms with Crippen molar-refractivity contribution in [3.05, 3.63) is 69.8 Å². The van der Waals surface area contributed by atoms with Crippen LogP contribution < -0.4 is 0 Å². The maximum absolute atomic E-state index is 14.5. The number of rotatable bonds is 5. The van der Waals surface area contributed by atoms with Gasteiger partial charge in [-0.3, -0.25) is 0 Å². The van der Waals surface area contributed by atoms with Crippen molar-refractivity contribution < 1.29 is 28.6 Å². The predicted octanol–water partition coefficient (Wildman–Crippen LogP) is 4.07.